The van der Waals surface area contributed by atoms with E-state index in [1.165, 1.54) is 18.4 Å². The third-order valence-electron chi connectivity index (χ3n) is 5.69. The van der Waals surface area contributed by atoms with Crippen LogP contribution in [0.1, 0.15) is 23.4 Å². The van der Waals surface area contributed by atoms with Crippen LogP contribution in [0.15, 0.2) is 47.8 Å². The van der Waals surface area contributed by atoms with Crippen molar-refractivity contribution in [3.63, 3.8) is 0 Å². The quantitative estimate of drug-likeness (QED) is 0.617. The number of amides is 2. The molecule has 0 bridgehead atoms. The lowest BCUT2D eigenvalue weighted by Crippen LogP contribution is -2.57. The Kier molecular flexibility index (Phi) is 4.81. The number of likely N-dealkylation sites (tertiary alicyclic amines) is 1. The molecule has 0 unspecified atom stereocenters. The van der Waals surface area contributed by atoms with Crippen molar-refractivity contribution in [2.24, 2.45) is 11.8 Å². The van der Waals surface area contributed by atoms with E-state index in [0.29, 0.717) is 0 Å². The Morgan fingerprint density at radius 2 is 1.93 bits per heavy atom. The van der Waals surface area contributed by atoms with Gasteiger partial charge in [0, 0.05) is 18.3 Å². The van der Waals surface area contributed by atoms with Crippen LogP contribution in [0.25, 0.3) is 0 Å². The number of carbonyl (C=O) groups is 3. The number of benzene rings is 1. The number of carbonyl (C=O) groups excluding carboxylic acids is 3. The summed E-state index contributed by atoms with van der Waals surface area (Å²) in [6.07, 6.45) is 0.280. The summed E-state index contributed by atoms with van der Waals surface area (Å²) in [6.45, 7) is 1.95. The molecule has 0 radical (unpaired) electrons. The number of nitrogens with zero attached hydrogens (tertiary/aromatic N) is 1. The highest BCUT2D eigenvalue weighted by Crippen LogP contribution is 2.50. The van der Waals surface area contributed by atoms with Crippen LogP contribution in [0.3, 0.4) is 0 Å². The smallest absolute Gasteiger partial charge is 0.327 e. The van der Waals surface area contributed by atoms with Gasteiger partial charge in [0.25, 0.3) is 0 Å². The SMILES string of the molecule is CCOC(=O)[C@@]1(Cc2ccccc2)N[C@@H](c2cccs2)[C@H]2C(=O)N(C)C(=O)[C@H]21. The van der Waals surface area contributed by atoms with E-state index in [-0.39, 0.29) is 24.8 Å². The second kappa shape index (κ2) is 7.14. The number of hydrogen-bond donors (Lipinski definition) is 1. The predicted octanol–water partition coefficient (Wildman–Crippen LogP) is 2.17. The van der Waals surface area contributed by atoms with Gasteiger partial charge in [0.15, 0.2) is 0 Å². The van der Waals surface area contributed by atoms with Gasteiger partial charge >= 0.3 is 5.97 Å². The minimum absolute atomic E-state index is 0.204. The fraction of sp³-hybridized carbons (Fsp3) is 0.381. The number of esters is 1. The van der Waals surface area contributed by atoms with Crippen molar-refractivity contribution in [1.82, 2.24) is 10.2 Å². The molecule has 1 aromatic heterocycles. The summed E-state index contributed by atoms with van der Waals surface area (Å²) in [7, 11) is 1.49. The average Bonchev–Trinajstić information content (AvgIpc) is 3.38. The van der Waals surface area contributed by atoms with E-state index in [0.717, 1.165) is 15.3 Å². The monoisotopic (exact) mass is 398 g/mol. The van der Waals surface area contributed by atoms with Crippen LogP contribution >= 0.6 is 11.3 Å². The summed E-state index contributed by atoms with van der Waals surface area (Å²) in [5.41, 5.74) is -0.378. The minimum Gasteiger partial charge on any atom is -0.465 e. The number of thiophene rings is 1. The molecule has 1 aromatic carbocycles. The molecule has 0 spiro atoms. The summed E-state index contributed by atoms with van der Waals surface area (Å²) in [5.74, 6) is -2.48. The molecule has 2 amide bonds. The molecule has 2 fully saturated rings. The standard InChI is InChI=1S/C21H22N2O4S/c1-3-27-20(26)21(12-13-8-5-4-6-9-13)16-15(18(24)23(2)19(16)25)17(22-21)14-10-7-11-28-14/h4-11,15-17,22H,3,12H2,1-2H3/t15-,16-,17-,21-/m0/s1. The zero-order chi connectivity index (χ0) is 19.9. The van der Waals surface area contributed by atoms with Gasteiger partial charge in [0.05, 0.1) is 24.5 Å². The van der Waals surface area contributed by atoms with Gasteiger partial charge in [-0.3, -0.25) is 24.6 Å². The van der Waals surface area contributed by atoms with Crippen LogP contribution in [0, 0.1) is 11.8 Å². The molecule has 0 saturated carbocycles. The maximum absolute atomic E-state index is 13.2. The topological polar surface area (TPSA) is 75.7 Å². The van der Waals surface area contributed by atoms with Gasteiger partial charge in [0.1, 0.15) is 5.54 Å². The van der Waals surface area contributed by atoms with E-state index >= 15 is 0 Å². The predicted molar refractivity (Wildman–Crippen MR) is 104 cm³/mol. The van der Waals surface area contributed by atoms with Crippen molar-refractivity contribution in [2.75, 3.05) is 13.7 Å². The Morgan fingerprint density at radius 3 is 2.57 bits per heavy atom. The van der Waals surface area contributed by atoms with Crippen molar-refractivity contribution in [3.05, 3.63) is 58.3 Å². The molecular weight excluding hydrogens is 376 g/mol. The van der Waals surface area contributed by atoms with Gasteiger partial charge in [-0.25, -0.2) is 0 Å². The second-order valence-corrected chi connectivity index (χ2v) is 8.21. The highest BCUT2D eigenvalue weighted by molar-refractivity contribution is 7.10. The van der Waals surface area contributed by atoms with E-state index in [9.17, 15) is 14.4 Å². The lowest BCUT2D eigenvalue weighted by molar-refractivity contribution is -0.156. The van der Waals surface area contributed by atoms with Gasteiger partial charge in [-0.2, -0.15) is 0 Å². The first-order valence-corrected chi connectivity index (χ1v) is 10.2. The van der Waals surface area contributed by atoms with E-state index in [1.807, 2.05) is 47.8 Å². The van der Waals surface area contributed by atoms with Crippen LogP contribution in [0.4, 0.5) is 0 Å². The van der Waals surface area contributed by atoms with Crippen LogP contribution in [0.5, 0.6) is 0 Å². The fourth-order valence-electron chi connectivity index (χ4n) is 4.46. The summed E-state index contributed by atoms with van der Waals surface area (Å²) < 4.78 is 5.41. The highest BCUT2D eigenvalue weighted by atomic mass is 32.1. The number of imide groups is 1. The normalized spacial score (nSPS) is 29.2. The molecule has 4 atom stereocenters. The first-order chi connectivity index (χ1) is 13.5. The Hall–Kier alpha value is -2.51. The van der Waals surface area contributed by atoms with Crippen LogP contribution in [-0.4, -0.2) is 41.9 Å². The van der Waals surface area contributed by atoms with Crippen molar-refractivity contribution in [2.45, 2.75) is 24.9 Å². The lowest BCUT2D eigenvalue weighted by Gasteiger charge is -2.32. The lowest BCUT2D eigenvalue weighted by atomic mass is 9.76. The Labute approximate surface area is 167 Å². The van der Waals surface area contributed by atoms with Gasteiger partial charge in [-0.1, -0.05) is 36.4 Å². The van der Waals surface area contributed by atoms with E-state index in [2.05, 4.69) is 5.32 Å². The average molecular weight is 398 g/mol. The van der Waals surface area contributed by atoms with Crippen molar-refractivity contribution in [1.29, 1.82) is 0 Å². The molecule has 146 valence electrons. The van der Waals surface area contributed by atoms with Gasteiger partial charge in [0.2, 0.25) is 11.8 Å². The summed E-state index contributed by atoms with van der Waals surface area (Å²) >= 11 is 1.51. The number of rotatable bonds is 5. The second-order valence-electron chi connectivity index (χ2n) is 7.23. The number of nitrogens with one attached hydrogen (secondary N) is 1. The van der Waals surface area contributed by atoms with E-state index in [4.69, 9.17) is 4.74 Å². The molecule has 3 heterocycles. The molecule has 7 heteroatoms. The highest BCUT2D eigenvalue weighted by Gasteiger charge is 2.68. The van der Waals surface area contributed by atoms with Crippen LogP contribution in [-0.2, 0) is 25.5 Å². The Morgan fingerprint density at radius 1 is 1.18 bits per heavy atom. The fourth-order valence-corrected chi connectivity index (χ4v) is 5.28. The maximum atomic E-state index is 13.2. The molecule has 2 aliphatic heterocycles. The van der Waals surface area contributed by atoms with Gasteiger partial charge < -0.3 is 4.74 Å². The molecule has 6 nitrogen and oxygen atoms in total. The molecule has 0 aliphatic carbocycles. The molecule has 2 aliphatic rings. The molecular formula is C21H22N2O4S. The molecule has 28 heavy (non-hydrogen) atoms. The Balaban J connectivity index is 1.85. The Bertz CT molecular complexity index is 898. The maximum Gasteiger partial charge on any atom is 0.327 e. The van der Waals surface area contributed by atoms with Gasteiger partial charge in [-0.15, -0.1) is 11.3 Å². The van der Waals surface area contributed by atoms with Crippen LogP contribution < -0.4 is 5.32 Å². The number of ether oxygens (including phenoxy) is 1. The zero-order valence-electron chi connectivity index (χ0n) is 15.8. The van der Waals surface area contributed by atoms with Crippen molar-refractivity contribution >= 4 is 29.1 Å². The van der Waals surface area contributed by atoms with Crippen molar-refractivity contribution < 1.29 is 19.1 Å². The number of hydrogen-bond acceptors (Lipinski definition) is 6. The minimum atomic E-state index is -1.28. The summed E-state index contributed by atoms with van der Waals surface area (Å²) in [4.78, 5) is 41.4. The third kappa shape index (κ3) is 2.77. The van der Waals surface area contributed by atoms with Crippen molar-refractivity contribution in [3.8, 4) is 0 Å². The summed E-state index contributed by atoms with van der Waals surface area (Å²) in [5, 5.41) is 5.32. The first kappa shape index (κ1) is 18.8. The largest absolute Gasteiger partial charge is 0.465 e. The van der Waals surface area contributed by atoms with E-state index in [1.54, 1.807) is 6.92 Å². The molecule has 2 aromatic rings. The summed E-state index contributed by atoms with van der Waals surface area (Å²) in [6, 6.07) is 13.0. The van der Waals surface area contributed by atoms with E-state index < -0.39 is 29.4 Å². The molecule has 4 rings (SSSR count). The first-order valence-electron chi connectivity index (χ1n) is 9.33. The van der Waals surface area contributed by atoms with Gasteiger partial charge in [-0.05, 0) is 23.9 Å². The molecule has 2 saturated heterocycles. The molecule has 1 N–H and O–H groups in total. The zero-order valence-corrected chi connectivity index (χ0v) is 16.6. The number of fused-ring (bicyclic) bond motifs is 1. The third-order valence-corrected chi connectivity index (χ3v) is 6.65. The van der Waals surface area contributed by atoms with Crippen LogP contribution in [0.2, 0.25) is 0 Å².